The molecular formula is C8H19NO4P-. The van der Waals surface area contributed by atoms with Gasteiger partial charge < -0.3 is 19.3 Å². The third-order valence-electron chi connectivity index (χ3n) is 1.79. The maximum atomic E-state index is 10.7. The van der Waals surface area contributed by atoms with Crippen LogP contribution < -0.4 is 10.2 Å². The summed E-state index contributed by atoms with van der Waals surface area (Å²) in [5.74, 6) is 0. The monoisotopic (exact) mass is 224 g/mol. The predicted octanol–water partition coefficient (Wildman–Crippen LogP) is 0.898. The van der Waals surface area contributed by atoms with Crippen molar-refractivity contribution in [1.82, 2.24) is 5.32 Å². The first kappa shape index (κ1) is 14.1. The van der Waals surface area contributed by atoms with Gasteiger partial charge in [-0.05, 0) is 26.4 Å². The maximum absolute atomic E-state index is 10.7. The standard InChI is InChI=1S/C8H20NO4P/c1-9-7-5-3-4-6-8-13-14(10,11)12-2/h9H,3-8H2,1-2H3,(H,10,11)/p-1. The van der Waals surface area contributed by atoms with Crippen molar-refractivity contribution in [3.05, 3.63) is 0 Å². The minimum Gasteiger partial charge on any atom is -0.756 e. The van der Waals surface area contributed by atoms with E-state index in [1.54, 1.807) is 0 Å². The molecule has 0 aliphatic heterocycles. The third-order valence-corrected chi connectivity index (χ3v) is 2.74. The molecule has 0 aromatic heterocycles. The van der Waals surface area contributed by atoms with Crippen molar-refractivity contribution in [2.24, 2.45) is 0 Å². The molecular weight excluding hydrogens is 205 g/mol. The second-order valence-electron chi connectivity index (χ2n) is 2.98. The van der Waals surface area contributed by atoms with Crippen molar-refractivity contribution in [1.29, 1.82) is 0 Å². The lowest BCUT2D eigenvalue weighted by Crippen LogP contribution is -2.08. The molecule has 86 valence electrons. The quantitative estimate of drug-likeness (QED) is 0.465. The molecule has 0 aromatic carbocycles. The lowest BCUT2D eigenvalue weighted by Gasteiger charge is -2.19. The molecule has 0 heterocycles. The molecule has 0 aromatic rings. The van der Waals surface area contributed by atoms with Crippen LogP contribution in [0, 0.1) is 0 Å². The Morgan fingerprint density at radius 3 is 2.50 bits per heavy atom. The van der Waals surface area contributed by atoms with Crippen molar-refractivity contribution in [2.75, 3.05) is 27.3 Å². The van der Waals surface area contributed by atoms with Crippen molar-refractivity contribution >= 4 is 7.82 Å². The first-order valence-corrected chi connectivity index (χ1v) is 6.24. The summed E-state index contributed by atoms with van der Waals surface area (Å²) in [5.41, 5.74) is 0. The summed E-state index contributed by atoms with van der Waals surface area (Å²) in [5, 5.41) is 3.05. The van der Waals surface area contributed by atoms with Crippen LogP contribution in [0.15, 0.2) is 0 Å². The molecule has 0 spiro atoms. The van der Waals surface area contributed by atoms with Gasteiger partial charge in [-0.15, -0.1) is 0 Å². The van der Waals surface area contributed by atoms with Crippen molar-refractivity contribution in [3.8, 4) is 0 Å². The van der Waals surface area contributed by atoms with E-state index in [1.165, 1.54) is 0 Å². The van der Waals surface area contributed by atoms with Gasteiger partial charge in [0, 0.05) is 7.11 Å². The predicted molar refractivity (Wildman–Crippen MR) is 53.0 cm³/mol. The van der Waals surface area contributed by atoms with Gasteiger partial charge in [-0.3, -0.25) is 4.57 Å². The van der Waals surface area contributed by atoms with Crippen LogP contribution in [0.1, 0.15) is 25.7 Å². The fraction of sp³-hybridized carbons (Fsp3) is 1.00. The van der Waals surface area contributed by atoms with Gasteiger partial charge in [-0.1, -0.05) is 12.8 Å². The van der Waals surface area contributed by atoms with Crippen molar-refractivity contribution < 1.29 is 18.5 Å². The second kappa shape index (κ2) is 8.38. The zero-order valence-corrected chi connectivity index (χ0v) is 9.72. The summed E-state index contributed by atoms with van der Waals surface area (Å²) in [7, 11) is -0.987. The summed E-state index contributed by atoms with van der Waals surface area (Å²) in [6.45, 7) is 1.22. The van der Waals surface area contributed by atoms with Crippen LogP contribution in [0.4, 0.5) is 0 Å². The van der Waals surface area contributed by atoms with Gasteiger partial charge in [-0.25, -0.2) is 0 Å². The topological polar surface area (TPSA) is 70.6 Å². The average Bonchev–Trinajstić information content (AvgIpc) is 2.16. The van der Waals surface area contributed by atoms with E-state index in [0.29, 0.717) is 0 Å². The van der Waals surface area contributed by atoms with Crippen LogP contribution in [0.25, 0.3) is 0 Å². The second-order valence-corrected chi connectivity index (χ2v) is 4.50. The number of hydrogen-bond donors (Lipinski definition) is 1. The van der Waals surface area contributed by atoms with Gasteiger partial charge in [0.2, 0.25) is 0 Å². The minimum absolute atomic E-state index is 0.216. The van der Waals surface area contributed by atoms with Gasteiger partial charge in [0.25, 0.3) is 7.82 Å². The smallest absolute Gasteiger partial charge is 0.267 e. The van der Waals surface area contributed by atoms with Crippen LogP contribution in [0.3, 0.4) is 0 Å². The van der Waals surface area contributed by atoms with Crippen LogP contribution in [-0.4, -0.2) is 27.3 Å². The molecule has 1 N–H and O–H groups in total. The molecule has 0 aliphatic carbocycles. The highest BCUT2D eigenvalue weighted by Crippen LogP contribution is 2.36. The Kier molecular flexibility index (Phi) is 8.43. The molecule has 0 saturated carbocycles. The molecule has 6 heteroatoms. The number of hydrogen-bond acceptors (Lipinski definition) is 5. The Bertz CT molecular complexity index is 177. The molecule has 1 atom stereocenters. The largest absolute Gasteiger partial charge is 0.756 e. The average molecular weight is 224 g/mol. The molecule has 1 unspecified atom stereocenters. The molecule has 0 radical (unpaired) electrons. The lowest BCUT2D eigenvalue weighted by molar-refractivity contribution is -0.223. The molecule has 0 bridgehead atoms. The van der Waals surface area contributed by atoms with Gasteiger partial charge in [0.05, 0.1) is 6.61 Å². The van der Waals surface area contributed by atoms with Gasteiger partial charge in [0.15, 0.2) is 0 Å². The number of nitrogens with one attached hydrogen (secondary N) is 1. The van der Waals surface area contributed by atoms with Crippen LogP contribution >= 0.6 is 7.82 Å². The van der Waals surface area contributed by atoms with E-state index < -0.39 is 7.82 Å². The first-order chi connectivity index (χ1) is 6.62. The summed E-state index contributed by atoms with van der Waals surface area (Å²) in [4.78, 5) is 10.7. The van der Waals surface area contributed by atoms with Crippen LogP contribution in [0.2, 0.25) is 0 Å². The highest BCUT2D eigenvalue weighted by molar-refractivity contribution is 7.45. The molecule has 14 heavy (non-hydrogen) atoms. The Hall–Kier alpha value is 0.0700. The summed E-state index contributed by atoms with van der Waals surface area (Å²) in [6.07, 6.45) is 3.92. The summed E-state index contributed by atoms with van der Waals surface area (Å²) >= 11 is 0. The Labute approximate surface area is 85.4 Å². The van der Waals surface area contributed by atoms with Gasteiger partial charge in [0.1, 0.15) is 0 Å². The first-order valence-electron chi connectivity index (χ1n) is 4.78. The minimum atomic E-state index is -4.00. The van der Waals surface area contributed by atoms with E-state index in [4.69, 9.17) is 0 Å². The van der Waals surface area contributed by atoms with Crippen molar-refractivity contribution in [2.45, 2.75) is 25.7 Å². The van der Waals surface area contributed by atoms with E-state index in [0.717, 1.165) is 39.3 Å². The van der Waals surface area contributed by atoms with E-state index in [1.807, 2.05) is 7.05 Å². The Balaban J connectivity index is 3.17. The number of phosphoric acid groups is 1. The summed E-state index contributed by atoms with van der Waals surface area (Å²) < 4.78 is 19.4. The lowest BCUT2D eigenvalue weighted by atomic mass is 10.2. The van der Waals surface area contributed by atoms with E-state index in [9.17, 15) is 9.46 Å². The molecule has 0 saturated heterocycles. The molecule has 0 amide bonds. The number of unbranched alkanes of at least 4 members (excludes halogenated alkanes) is 3. The number of rotatable bonds is 9. The highest BCUT2D eigenvalue weighted by Gasteiger charge is 2.04. The SMILES string of the molecule is CNCCCCCCOP(=O)([O-])OC. The van der Waals surface area contributed by atoms with Crippen molar-refractivity contribution in [3.63, 3.8) is 0 Å². The van der Waals surface area contributed by atoms with Gasteiger partial charge >= 0.3 is 0 Å². The highest BCUT2D eigenvalue weighted by atomic mass is 31.2. The van der Waals surface area contributed by atoms with Crippen LogP contribution in [-0.2, 0) is 13.6 Å². The van der Waals surface area contributed by atoms with E-state index in [-0.39, 0.29) is 6.61 Å². The van der Waals surface area contributed by atoms with Gasteiger partial charge in [-0.2, -0.15) is 0 Å². The normalized spacial score (nSPS) is 15.4. The maximum Gasteiger partial charge on any atom is 0.267 e. The van der Waals surface area contributed by atoms with Crippen LogP contribution in [0.5, 0.6) is 0 Å². The summed E-state index contributed by atoms with van der Waals surface area (Å²) in [6, 6.07) is 0. The Morgan fingerprint density at radius 1 is 1.29 bits per heavy atom. The number of phosphoric ester groups is 1. The Morgan fingerprint density at radius 2 is 1.93 bits per heavy atom. The molecule has 0 fully saturated rings. The fourth-order valence-corrected chi connectivity index (χ4v) is 1.44. The molecule has 0 rings (SSSR count). The zero-order valence-electron chi connectivity index (χ0n) is 8.82. The molecule has 0 aliphatic rings. The third kappa shape index (κ3) is 8.66. The fourth-order valence-electron chi connectivity index (χ4n) is 0.986. The van der Waals surface area contributed by atoms with E-state index in [2.05, 4.69) is 14.4 Å². The van der Waals surface area contributed by atoms with E-state index >= 15 is 0 Å². The zero-order chi connectivity index (χ0) is 10.9. The molecule has 5 nitrogen and oxygen atoms in total.